The first kappa shape index (κ1) is 43.7. The molecule has 4 aromatic heterocycles. The Morgan fingerprint density at radius 1 is 0.268 bits per heavy atom. The molecule has 0 saturated heterocycles. The lowest BCUT2D eigenvalue weighted by atomic mass is 9.87. The molecule has 0 N–H and O–H groups in total. The van der Waals surface area contributed by atoms with Crippen LogP contribution in [0.15, 0.2) is 249 Å². The van der Waals surface area contributed by atoms with Crippen LogP contribution >= 0.6 is 11.3 Å². The Morgan fingerprint density at radius 2 is 0.761 bits per heavy atom. The minimum Gasteiger partial charge on any atom is -0.256 e. The van der Waals surface area contributed by atoms with Crippen molar-refractivity contribution in [3.63, 3.8) is 0 Å². The van der Waals surface area contributed by atoms with Gasteiger partial charge in [-0.15, -0.1) is 11.3 Å². The quantitative estimate of drug-likeness (QED) is 0.116. The molecule has 0 unspecified atom stereocenters. The summed E-state index contributed by atoms with van der Waals surface area (Å²) in [7, 11) is 0. The summed E-state index contributed by atoms with van der Waals surface area (Å²) in [6, 6.07) is 83.0. The number of aromatic nitrogens is 3. The van der Waals surface area contributed by atoms with Crippen LogP contribution in [0.5, 0.6) is 0 Å². The fraction of sp³-hybridized carbons (Fsp3) is 0.0597. The molecule has 0 saturated carbocycles. The van der Waals surface area contributed by atoms with Gasteiger partial charge < -0.3 is 0 Å². The van der Waals surface area contributed by atoms with Crippen LogP contribution in [-0.2, 0) is 25.7 Å². The molecule has 4 heteroatoms. The molecule has 0 bridgehead atoms. The maximum absolute atomic E-state index is 5.34. The number of thiophene rings is 1. The van der Waals surface area contributed by atoms with E-state index in [4.69, 9.17) is 15.0 Å². The average molecular weight is 928 g/mol. The van der Waals surface area contributed by atoms with Crippen LogP contribution in [0.1, 0.15) is 22.3 Å². The molecule has 8 aromatic carbocycles. The summed E-state index contributed by atoms with van der Waals surface area (Å²) < 4.78 is 2.55. The summed E-state index contributed by atoms with van der Waals surface area (Å²) >= 11 is 1.84. The van der Waals surface area contributed by atoms with Gasteiger partial charge in [-0.2, -0.15) is 0 Å². The summed E-state index contributed by atoms with van der Waals surface area (Å²) in [6.07, 6.45) is 9.75. The predicted octanol–water partition coefficient (Wildman–Crippen LogP) is 17.5. The second kappa shape index (κ2) is 19.8. The van der Waals surface area contributed by atoms with Gasteiger partial charge in [0.05, 0.1) is 17.1 Å². The first-order chi connectivity index (χ1) is 35.2. The number of aryl methyl sites for hydroxylation is 4. The summed E-state index contributed by atoms with van der Waals surface area (Å²) in [5.41, 5.74) is 20.7. The van der Waals surface area contributed by atoms with Crippen LogP contribution in [0.25, 0.3) is 98.5 Å². The Labute approximate surface area is 419 Å². The van der Waals surface area contributed by atoms with E-state index in [-0.39, 0.29) is 0 Å². The Balaban J connectivity index is 0.936. The predicted molar refractivity (Wildman–Crippen MR) is 298 cm³/mol. The van der Waals surface area contributed by atoms with Crippen molar-refractivity contribution in [3.05, 3.63) is 271 Å². The Hall–Kier alpha value is -8.57. The summed E-state index contributed by atoms with van der Waals surface area (Å²) in [5, 5.41) is 2.55. The molecule has 12 aromatic rings. The van der Waals surface area contributed by atoms with E-state index in [1.165, 1.54) is 64.7 Å². The van der Waals surface area contributed by atoms with E-state index in [9.17, 15) is 0 Å². The molecule has 0 spiro atoms. The highest BCUT2D eigenvalue weighted by molar-refractivity contribution is 7.26. The van der Waals surface area contributed by atoms with Gasteiger partial charge in [-0.05, 0) is 111 Å². The van der Waals surface area contributed by atoms with Crippen molar-refractivity contribution in [1.82, 2.24) is 15.0 Å². The maximum atomic E-state index is 5.34. The molecule has 0 aliphatic heterocycles. The zero-order valence-corrected chi connectivity index (χ0v) is 40.1. The van der Waals surface area contributed by atoms with Crippen LogP contribution in [0.3, 0.4) is 0 Å². The number of benzene rings is 8. The van der Waals surface area contributed by atoms with Gasteiger partial charge in [0.15, 0.2) is 0 Å². The van der Waals surface area contributed by atoms with Gasteiger partial charge in [0.2, 0.25) is 0 Å². The lowest BCUT2D eigenvalue weighted by molar-refractivity contribution is 0.923. The maximum Gasteiger partial charge on any atom is 0.0723 e. The molecule has 0 fully saturated rings. The van der Waals surface area contributed by atoms with Gasteiger partial charge in [-0.1, -0.05) is 206 Å². The van der Waals surface area contributed by atoms with Crippen molar-refractivity contribution in [3.8, 4) is 78.3 Å². The molecule has 0 aliphatic rings. The fourth-order valence-electron chi connectivity index (χ4n) is 9.94. The van der Waals surface area contributed by atoms with Gasteiger partial charge >= 0.3 is 0 Å². The highest BCUT2D eigenvalue weighted by Crippen LogP contribution is 2.44. The smallest absolute Gasteiger partial charge is 0.0723 e. The number of fused-ring (bicyclic) bond motifs is 3. The fourth-order valence-corrected chi connectivity index (χ4v) is 11.2. The van der Waals surface area contributed by atoms with E-state index in [0.717, 1.165) is 81.7 Å². The van der Waals surface area contributed by atoms with Crippen LogP contribution < -0.4 is 0 Å². The normalized spacial score (nSPS) is 11.3. The van der Waals surface area contributed by atoms with Crippen molar-refractivity contribution >= 4 is 31.5 Å². The second-order valence-corrected chi connectivity index (χ2v) is 19.3. The zero-order valence-electron chi connectivity index (χ0n) is 39.2. The number of pyridine rings is 3. The lowest BCUT2D eigenvalue weighted by Crippen LogP contribution is -1.99. The molecule has 71 heavy (non-hydrogen) atoms. The topological polar surface area (TPSA) is 38.7 Å². The first-order valence-corrected chi connectivity index (χ1v) is 25.3. The lowest BCUT2D eigenvalue weighted by Gasteiger charge is -2.18. The number of rotatable bonds is 13. The third-order valence-corrected chi connectivity index (χ3v) is 14.9. The Morgan fingerprint density at radius 3 is 1.38 bits per heavy atom. The van der Waals surface area contributed by atoms with Crippen LogP contribution in [0.4, 0.5) is 0 Å². The van der Waals surface area contributed by atoms with Crippen LogP contribution in [0, 0.1) is 0 Å². The molecule has 4 heterocycles. The van der Waals surface area contributed by atoms with Crippen molar-refractivity contribution < 1.29 is 0 Å². The molecule has 0 atom stereocenters. The molecule has 3 nitrogen and oxygen atoms in total. The van der Waals surface area contributed by atoms with Crippen LogP contribution in [-0.4, -0.2) is 15.0 Å². The van der Waals surface area contributed by atoms with Gasteiger partial charge in [0, 0.05) is 61.0 Å². The monoisotopic (exact) mass is 927 g/mol. The van der Waals surface area contributed by atoms with Crippen molar-refractivity contribution in [1.29, 1.82) is 0 Å². The standard InChI is InChI=1S/C67H49N3S/c1-4-15-50(16-5-1)51-33-35-52(36-34-51)61-42-65(60-25-14-24-59-58-23-12-13-26-66(58)71-67(59)60)70-45-62(61)57-22-11-10-21-56(57)55-40-48(29-27-46-31-37-63(68-43-46)53-17-6-2-7-18-53)39-49(41-55)30-28-47-32-38-64(69-44-47)54-19-8-3-9-20-54/h1-26,31-45H,27-30H2. The molecule has 0 aliphatic carbocycles. The van der Waals surface area contributed by atoms with E-state index in [2.05, 4.69) is 225 Å². The summed E-state index contributed by atoms with van der Waals surface area (Å²) in [4.78, 5) is 15.1. The highest BCUT2D eigenvalue weighted by Gasteiger charge is 2.19. The van der Waals surface area contributed by atoms with E-state index >= 15 is 0 Å². The largest absolute Gasteiger partial charge is 0.256 e. The van der Waals surface area contributed by atoms with Crippen molar-refractivity contribution in [2.75, 3.05) is 0 Å². The van der Waals surface area contributed by atoms with E-state index in [1.807, 2.05) is 35.9 Å². The third-order valence-electron chi connectivity index (χ3n) is 13.7. The summed E-state index contributed by atoms with van der Waals surface area (Å²) in [5.74, 6) is 0. The Kier molecular flexibility index (Phi) is 12.2. The average Bonchev–Trinajstić information content (AvgIpc) is 3.84. The van der Waals surface area contributed by atoms with E-state index in [0.29, 0.717) is 0 Å². The molecule has 0 amide bonds. The molecule has 0 radical (unpaired) electrons. The van der Waals surface area contributed by atoms with Crippen molar-refractivity contribution in [2.45, 2.75) is 25.7 Å². The van der Waals surface area contributed by atoms with E-state index < -0.39 is 0 Å². The number of hydrogen-bond donors (Lipinski definition) is 0. The zero-order chi connectivity index (χ0) is 47.3. The van der Waals surface area contributed by atoms with Gasteiger partial charge in [0.25, 0.3) is 0 Å². The minimum atomic E-state index is 0.887. The molecule has 338 valence electrons. The van der Waals surface area contributed by atoms with Gasteiger partial charge in [0.1, 0.15) is 0 Å². The number of hydrogen-bond acceptors (Lipinski definition) is 4. The Bertz CT molecular complexity index is 3670. The molecule has 12 rings (SSSR count). The SMILES string of the molecule is c1ccc(-c2ccc(-c3cc(-c4cccc5c4sc4ccccc45)ncc3-c3ccccc3-c3cc(CCc4ccc(-c5ccccc5)nc4)cc(CCc4ccc(-c5ccccc5)nc4)c3)cc2)cc1. The highest BCUT2D eigenvalue weighted by atomic mass is 32.1. The molecular formula is C67H49N3S. The van der Waals surface area contributed by atoms with Crippen molar-refractivity contribution in [2.24, 2.45) is 0 Å². The number of nitrogens with zero attached hydrogens (tertiary/aromatic N) is 3. The minimum absolute atomic E-state index is 0.887. The summed E-state index contributed by atoms with van der Waals surface area (Å²) in [6.45, 7) is 0. The third kappa shape index (κ3) is 9.34. The van der Waals surface area contributed by atoms with Gasteiger partial charge in [-0.25, -0.2) is 0 Å². The van der Waals surface area contributed by atoms with Crippen LogP contribution in [0.2, 0.25) is 0 Å². The van der Waals surface area contributed by atoms with Gasteiger partial charge in [-0.3, -0.25) is 15.0 Å². The second-order valence-electron chi connectivity index (χ2n) is 18.3. The first-order valence-electron chi connectivity index (χ1n) is 24.5. The van der Waals surface area contributed by atoms with E-state index in [1.54, 1.807) is 0 Å². The molecular weight excluding hydrogens is 879 g/mol.